The van der Waals surface area contributed by atoms with Gasteiger partial charge in [0.25, 0.3) is 0 Å². The number of hydrogen-bond acceptors (Lipinski definition) is 4. The zero-order chi connectivity index (χ0) is 10.7. The van der Waals surface area contributed by atoms with Gasteiger partial charge in [0.2, 0.25) is 5.91 Å². The smallest absolute Gasteiger partial charge is 0.242 e. The standard InChI is InChI=1S/C10H12N2O2S/c13-9-4-2-1-3-7(9)12-10(14)8-5-15-6-11-8/h1-4,8,11,13H,5-6H2,(H,12,14). The van der Waals surface area contributed by atoms with Gasteiger partial charge in [-0.3, -0.25) is 10.1 Å². The number of para-hydroxylation sites is 2. The summed E-state index contributed by atoms with van der Waals surface area (Å²) < 4.78 is 0. The second kappa shape index (κ2) is 4.55. The molecule has 1 heterocycles. The Morgan fingerprint density at radius 2 is 2.33 bits per heavy atom. The molecule has 1 unspecified atom stereocenters. The summed E-state index contributed by atoms with van der Waals surface area (Å²) in [5.41, 5.74) is 0.459. The fraction of sp³-hybridized carbons (Fsp3) is 0.300. The SMILES string of the molecule is O=C(Nc1ccccc1O)C1CSCN1. The van der Waals surface area contributed by atoms with Crippen LogP contribution in [0.1, 0.15) is 0 Å². The molecule has 1 amide bonds. The number of aromatic hydroxyl groups is 1. The molecule has 2 rings (SSSR count). The quantitative estimate of drug-likeness (QED) is 0.656. The van der Waals surface area contributed by atoms with Crippen LogP contribution < -0.4 is 10.6 Å². The maximum Gasteiger partial charge on any atom is 0.242 e. The van der Waals surface area contributed by atoms with Gasteiger partial charge < -0.3 is 10.4 Å². The molecule has 0 radical (unpaired) electrons. The van der Waals surface area contributed by atoms with Gasteiger partial charge in [0.15, 0.2) is 0 Å². The summed E-state index contributed by atoms with van der Waals surface area (Å²) >= 11 is 1.69. The maximum absolute atomic E-state index is 11.7. The van der Waals surface area contributed by atoms with Gasteiger partial charge in [0, 0.05) is 11.6 Å². The predicted octanol–water partition coefficient (Wildman–Crippen LogP) is 0.993. The van der Waals surface area contributed by atoms with Gasteiger partial charge in [-0.05, 0) is 12.1 Å². The number of nitrogens with one attached hydrogen (secondary N) is 2. The number of carbonyl (C=O) groups excluding carboxylic acids is 1. The molecular weight excluding hydrogens is 212 g/mol. The summed E-state index contributed by atoms with van der Waals surface area (Å²) in [5.74, 6) is 1.58. The highest BCUT2D eigenvalue weighted by Crippen LogP contribution is 2.22. The van der Waals surface area contributed by atoms with Crippen LogP contribution in [0.15, 0.2) is 24.3 Å². The third-order valence-corrected chi connectivity index (χ3v) is 3.13. The summed E-state index contributed by atoms with van der Waals surface area (Å²) in [6.45, 7) is 0. The lowest BCUT2D eigenvalue weighted by molar-refractivity contribution is -0.117. The van der Waals surface area contributed by atoms with Crippen molar-refractivity contribution >= 4 is 23.4 Å². The van der Waals surface area contributed by atoms with Crippen molar-refractivity contribution in [2.24, 2.45) is 0 Å². The molecule has 1 aromatic rings. The van der Waals surface area contributed by atoms with Crippen LogP contribution >= 0.6 is 11.8 Å². The number of benzene rings is 1. The average Bonchev–Trinajstić information content (AvgIpc) is 2.74. The van der Waals surface area contributed by atoms with Gasteiger partial charge in [0.1, 0.15) is 5.75 Å². The van der Waals surface area contributed by atoms with E-state index in [1.165, 1.54) is 0 Å². The van der Waals surface area contributed by atoms with Crippen LogP contribution in [0.4, 0.5) is 5.69 Å². The third kappa shape index (κ3) is 2.43. The molecule has 0 spiro atoms. The zero-order valence-corrected chi connectivity index (χ0v) is 8.88. The molecule has 0 bridgehead atoms. The first kappa shape index (κ1) is 10.3. The molecule has 1 atom stereocenters. The van der Waals surface area contributed by atoms with Crippen LogP contribution in [0, 0.1) is 0 Å². The van der Waals surface area contributed by atoms with E-state index in [1.807, 2.05) is 0 Å². The Morgan fingerprint density at radius 3 is 3.00 bits per heavy atom. The summed E-state index contributed by atoms with van der Waals surface area (Å²) in [5, 5.41) is 15.2. The van der Waals surface area contributed by atoms with Gasteiger partial charge in [-0.1, -0.05) is 12.1 Å². The lowest BCUT2D eigenvalue weighted by Gasteiger charge is -2.11. The molecule has 3 N–H and O–H groups in total. The number of anilines is 1. The van der Waals surface area contributed by atoms with E-state index in [1.54, 1.807) is 36.0 Å². The Bertz CT molecular complexity index is 364. The van der Waals surface area contributed by atoms with Gasteiger partial charge >= 0.3 is 0 Å². The lowest BCUT2D eigenvalue weighted by atomic mass is 10.2. The molecule has 0 aromatic heterocycles. The van der Waals surface area contributed by atoms with Gasteiger partial charge in [-0.25, -0.2) is 0 Å². The molecular formula is C10H12N2O2S. The number of thioether (sulfide) groups is 1. The minimum absolute atomic E-state index is 0.0940. The monoisotopic (exact) mass is 224 g/mol. The van der Waals surface area contributed by atoms with Crippen LogP contribution in [0.2, 0.25) is 0 Å². The normalized spacial score (nSPS) is 20.1. The van der Waals surface area contributed by atoms with Gasteiger partial charge in [-0.15, -0.1) is 11.8 Å². The van der Waals surface area contributed by atoms with Crippen LogP contribution in [-0.4, -0.2) is 28.7 Å². The van der Waals surface area contributed by atoms with E-state index in [9.17, 15) is 9.90 Å². The van der Waals surface area contributed by atoms with Crippen LogP contribution in [-0.2, 0) is 4.79 Å². The molecule has 1 aromatic carbocycles. The van der Waals surface area contributed by atoms with Gasteiger partial charge in [-0.2, -0.15) is 0 Å². The summed E-state index contributed by atoms with van der Waals surface area (Å²) in [6, 6.07) is 6.55. The minimum atomic E-state index is -0.158. The van der Waals surface area contributed by atoms with Crippen molar-refractivity contribution in [2.45, 2.75) is 6.04 Å². The van der Waals surface area contributed by atoms with Crippen molar-refractivity contribution in [2.75, 3.05) is 16.9 Å². The minimum Gasteiger partial charge on any atom is -0.506 e. The van der Waals surface area contributed by atoms with Crippen molar-refractivity contribution in [3.8, 4) is 5.75 Å². The van der Waals surface area contributed by atoms with Crippen molar-refractivity contribution in [3.05, 3.63) is 24.3 Å². The molecule has 80 valence electrons. The van der Waals surface area contributed by atoms with E-state index in [2.05, 4.69) is 10.6 Å². The molecule has 4 nitrogen and oxygen atoms in total. The highest BCUT2D eigenvalue weighted by Gasteiger charge is 2.22. The Balaban J connectivity index is 2.02. The molecule has 0 saturated carbocycles. The van der Waals surface area contributed by atoms with Gasteiger partial charge in [0.05, 0.1) is 11.7 Å². The predicted molar refractivity (Wildman–Crippen MR) is 61.0 cm³/mol. The molecule has 1 aliphatic heterocycles. The van der Waals surface area contributed by atoms with E-state index in [4.69, 9.17) is 0 Å². The zero-order valence-electron chi connectivity index (χ0n) is 8.06. The highest BCUT2D eigenvalue weighted by molar-refractivity contribution is 7.99. The Morgan fingerprint density at radius 1 is 1.53 bits per heavy atom. The highest BCUT2D eigenvalue weighted by atomic mass is 32.2. The second-order valence-corrected chi connectivity index (χ2v) is 4.31. The Kier molecular flexibility index (Phi) is 3.13. The number of phenolic OH excluding ortho intramolecular Hbond substituents is 1. The van der Waals surface area contributed by atoms with E-state index in [0.29, 0.717) is 5.69 Å². The average molecular weight is 224 g/mol. The summed E-state index contributed by atoms with van der Waals surface area (Å²) in [6.07, 6.45) is 0. The van der Waals surface area contributed by atoms with Crippen LogP contribution in [0.3, 0.4) is 0 Å². The van der Waals surface area contributed by atoms with Crippen molar-refractivity contribution in [3.63, 3.8) is 0 Å². The molecule has 1 aliphatic rings. The summed E-state index contributed by atoms with van der Waals surface area (Å²) in [7, 11) is 0. The molecule has 1 saturated heterocycles. The topological polar surface area (TPSA) is 61.4 Å². The largest absolute Gasteiger partial charge is 0.506 e. The number of hydrogen-bond donors (Lipinski definition) is 3. The molecule has 0 aliphatic carbocycles. The molecule has 5 heteroatoms. The van der Waals surface area contributed by atoms with E-state index in [0.717, 1.165) is 11.6 Å². The fourth-order valence-electron chi connectivity index (χ4n) is 1.36. The third-order valence-electron chi connectivity index (χ3n) is 2.19. The molecule has 1 fully saturated rings. The van der Waals surface area contributed by atoms with Crippen molar-refractivity contribution < 1.29 is 9.90 Å². The first-order valence-electron chi connectivity index (χ1n) is 4.67. The number of carbonyl (C=O) groups is 1. The van der Waals surface area contributed by atoms with E-state index in [-0.39, 0.29) is 17.7 Å². The molecule has 15 heavy (non-hydrogen) atoms. The lowest BCUT2D eigenvalue weighted by Crippen LogP contribution is -2.37. The second-order valence-electron chi connectivity index (χ2n) is 3.28. The summed E-state index contributed by atoms with van der Waals surface area (Å²) in [4.78, 5) is 11.7. The van der Waals surface area contributed by atoms with Crippen molar-refractivity contribution in [1.29, 1.82) is 0 Å². The fourth-order valence-corrected chi connectivity index (χ4v) is 2.30. The first-order valence-corrected chi connectivity index (χ1v) is 5.83. The Hall–Kier alpha value is -1.20. The number of rotatable bonds is 2. The first-order chi connectivity index (χ1) is 7.27. The van der Waals surface area contributed by atoms with E-state index < -0.39 is 0 Å². The maximum atomic E-state index is 11.7. The number of amides is 1. The Labute approximate surface area is 92.1 Å². The van der Waals surface area contributed by atoms with Crippen LogP contribution in [0.5, 0.6) is 5.75 Å². The number of phenols is 1. The van der Waals surface area contributed by atoms with E-state index >= 15 is 0 Å². The van der Waals surface area contributed by atoms with Crippen LogP contribution in [0.25, 0.3) is 0 Å². The van der Waals surface area contributed by atoms with Crippen molar-refractivity contribution in [1.82, 2.24) is 5.32 Å².